The van der Waals surface area contributed by atoms with E-state index in [4.69, 9.17) is 5.21 Å². The number of piperazine rings is 1. The quantitative estimate of drug-likeness (QED) is 0.628. The van der Waals surface area contributed by atoms with Crippen LogP contribution in [-0.2, 0) is 6.18 Å². The van der Waals surface area contributed by atoms with Gasteiger partial charge in [0.2, 0.25) is 5.95 Å². The SMILES string of the molecule is O=C(NO)c1ccc(N2C[C@@H]3C[C@@H]2CN3c2nccc(C(F)(F)F)n2)cc1. The van der Waals surface area contributed by atoms with Gasteiger partial charge >= 0.3 is 6.18 Å². The molecular formula is C17H16F3N5O2. The Bertz CT molecular complexity index is 858. The van der Waals surface area contributed by atoms with Gasteiger partial charge in [-0.2, -0.15) is 13.2 Å². The van der Waals surface area contributed by atoms with E-state index in [-0.39, 0.29) is 18.0 Å². The van der Waals surface area contributed by atoms with Crippen molar-refractivity contribution in [3.8, 4) is 0 Å². The highest BCUT2D eigenvalue weighted by molar-refractivity contribution is 5.93. The van der Waals surface area contributed by atoms with Crippen molar-refractivity contribution in [3.05, 3.63) is 47.8 Å². The standard InChI is InChI=1S/C17H16F3N5O2/c18-17(19,20)14-5-6-21-16(22-14)25-9-12-7-13(25)8-24(12)11-3-1-10(2-4-11)15(26)23-27/h1-6,12-13,27H,7-9H2,(H,23,26)/t12-,13+/m1/s1. The molecule has 2 bridgehead atoms. The van der Waals surface area contributed by atoms with Gasteiger partial charge in [0, 0.05) is 36.6 Å². The number of benzene rings is 1. The minimum atomic E-state index is -4.49. The summed E-state index contributed by atoms with van der Waals surface area (Å²) in [6.07, 6.45) is -2.55. The minimum Gasteiger partial charge on any atom is -0.365 e. The molecule has 0 unspecified atom stereocenters. The summed E-state index contributed by atoms with van der Waals surface area (Å²) in [6, 6.07) is 7.83. The molecule has 2 atom stereocenters. The van der Waals surface area contributed by atoms with Crippen LogP contribution in [0.1, 0.15) is 22.5 Å². The van der Waals surface area contributed by atoms with Crippen LogP contribution in [0.2, 0.25) is 0 Å². The predicted molar refractivity (Wildman–Crippen MR) is 89.6 cm³/mol. The summed E-state index contributed by atoms with van der Waals surface area (Å²) >= 11 is 0. The summed E-state index contributed by atoms with van der Waals surface area (Å²) in [6.45, 7) is 1.17. The van der Waals surface area contributed by atoms with E-state index in [0.717, 1.165) is 24.4 Å². The number of alkyl halides is 3. The van der Waals surface area contributed by atoms with Gasteiger partial charge in [0.15, 0.2) is 0 Å². The fourth-order valence-electron chi connectivity index (χ4n) is 3.74. The van der Waals surface area contributed by atoms with Crippen LogP contribution in [0, 0.1) is 0 Å². The van der Waals surface area contributed by atoms with Crippen molar-refractivity contribution >= 4 is 17.5 Å². The summed E-state index contributed by atoms with van der Waals surface area (Å²) in [7, 11) is 0. The molecule has 1 amide bonds. The number of hydrogen-bond acceptors (Lipinski definition) is 6. The van der Waals surface area contributed by atoms with Crippen molar-refractivity contribution in [1.29, 1.82) is 0 Å². The molecule has 10 heteroatoms. The Morgan fingerprint density at radius 3 is 2.37 bits per heavy atom. The molecule has 2 saturated heterocycles. The third kappa shape index (κ3) is 3.16. The molecule has 0 spiro atoms. The topological polar surface area (TPSA) is 81.6 Å². The van der Waals surface area contributed by atoms with Crippen LogP contribution in [0.15, 0.2) is 36.5 Å². The van der Waals surface area contributed by atoms with Crippen LogP contribution >= 0.6 is 0 Å². The van der Waals surface area contributed by atoms with Crippen molar-refractivity contribution < 1.29 is 23.2 Å². The molecule has 0 radical (unpaired) electrons. The van der Waals surface area contributed by atoms with Gasteiger partial charge in [0.1, 0.15) is 5.69 Å². The maximum absolute atomic E-state index is 12.9. The predicted octanol–water partition coefficient (Wildman–Crippen LogP) is 2.08. The van der Waals surface area contributed by atoms with Crippen LogP contribution in [0.5, 0.6) is 0 Å². The number of carbonyl (C=O) groups is 1. The van der Waals surface area contributed by atoms with Gasteiger partial charge in [0.25, 0.3) is 5.91 Å². The summed E-state index contributed by atoms with van der Waals surface area (Å²) in [4.78, 5) is 23.1. The number of amides is 1. The first-order chi connectivity index (χ1) is 12.9. The van der Waals surface area contributed by atoms with Crippen molar-refractivity contribution in [2.45, 2.75) is 24.7 Å². The average Bonchev–Trinajstić information content (AvgIpc) is 3.28. The lowest BCUT2D eigenvalue weighted by molar-refractivity contribution is -0.141. The summed E-state index contributed by atoms with van der Waals surface area (Å²) in [5.74, 6) is -0.482. The Balaban J connectivity index is 1.49. The first-order valence-corrected chi connectivity index (χ1v) is 8.35. The monoisotopic (exact) mass is 379 g/mol. The highest BCUT2D eigenvalue weighted by Crippen LogP contribution is 2.37. The second-order valence-corrected chi connectivity index (χ2v) is 6.58. The van der Waals surface area contributed by atoms with Crippen molar-refractivity contribution in [3.63, 3.8) is 0 Å². The van der Waals surface area contributed by atoms with Crippen LogP contribution in [0.4, 0.5) is 24.8 Å². The third-order valence-corrected chi connectivity index (χ3v) is 4.99. The molecule has 1 aromatic carbocycles. The molecule has 27 heavy (non-hydrogen) atoms. The number of rotatable bonds is 3. The van der Waals surface area contributed by atoms with Gasteiger partial charge in [-0.25, -0.2) is 15.4 Å². The number of hydrogen-bond donors (Lipinski definition) is 2. The first-order valence-electron chi connectivity index (χ1n) is 8.35. The van der Waals surface area contributed by atoms with E-state index in [2.05, 4.69) is 14.9 Å². The van der Waals surface area contributed by atoms with Crippen molar-refractivity contribution in [2.24, 2.45) is 0 Å². The molecule has 2 aromatic rings. The molecule has 7 nitrogen and oxygen atoms in total. The van der Waals surface area contributed by atoms with E-state index in [0.29, 0.717) is 18.7 Å². The van der Waals surface area contributed by atoms with Crippen LogP contribution in [0.25, 0.3) is 0 Å². The fraction of sp³-hybridized carbons (Fsp3) is 0.353. The third-order valence-electron chi connectivity index (χ3n) is 4.99. The number of halogens is 3. The molecule has 0 aliphatic carbocycles. The van der Waals surface area contributed by atoms with Gasteiger partial charge in [-0.1, -0.05) is 0 Å². The largest absolute Gasteiger partial charge is 0.433 e. The van der Waals surface area contributed by atoms with Gasteiger partial charge in [-0.05, 0) is 36.8 Å². The van der Waals surface area contributed by atoms with Gasteiger partial charge in [-0.15, -0.1) is 0 Å². The Kier molecular flexibility index (Phi) is 4.14. The Labute approximate surface area is 152 Å². The van der Waals surface area contributed by atoms with Crippen LogP contribution < -0.4 is 15.3 Å². The maximum Gasteiger partial charge on any atom is 0.433 e. The molecule has 2 aliphatic heterocycles. The number of anilines is 2. The van der Waals surface area contributed by atoms with E-state index < -0.39 is 17.8 Å². The zero-order valence-electron chi connectivity index (χ0n) is 14.0. The average molecular weight is 379 g/mol. The van der Waals surface area contributed by atoms with E-state index >= 15 is 0 Å². The second kappa shape index (κ2) is 6.38. The fourth-order valence-corrected chi connectivity index (χ4v) is 3.74. The molecule has 0 saturated carbocycles. The smallest absolute Gasteiger partial charge is 0.365 e. The highest BCUT2D eigenvalue weighted by atomic mass is 19.4. The Morgan fingerprint density at radius 2 is 1.78 bits per heavy atom. The number of nitrogens with one attached hydrogen (secondary N) is 1. The highest BCUT2D eigenvalue weighted by Gasteiger charge is 2.45. The van der Waals surface area contributed by atoms with E-state index in [9.17, 15) is 18.0 Å². The minimum absolute atomic E-state index is 0.0268. The lowest BCUT2D eigenvalue weighted by atomic mass is 10.1. The number of carbonyl (C=O) groups excluding carboxylic acids is 1. The van der Waals surface area contributed by atoms with E-state index in [1.54, 1.807) is 29.7 Å². The summed E-state index contributed by atoms with van der Waals surface area (Å²) < 4.78 is 38.6. The zero-order chi connectivity index (χ0) is 19.2. The maximum atomic E-state index is 12.9. The molecule has 4 rings (SSSR count). The first kappa shape index (κ1) is 17.5. The number of fused-ring (bicyclic) bond motifs is 2. The summed E-state index contributed by atoms with van der Waals surface area (Å²) in [5.41, 5.74) is 1.90. The van der Waals surface area contributed by atoms with E-state index in [1.807, 2.05) is 4.90 Å². The Hall–Kier alpha value is -2.88. The van der Waals surface area contributed by atoms with Crippen LogP contribution in [-0.4, -0.2) is 46.3 Å². The second-order valence-electron chi connectivity index (χ2n) is 6.58. The van der Waals surface area contributed by atoms with Crippen molar-refractivity contribution in [1.82, 2.24) is 15.4 Å². The molecule has 142 valence electrons. The Morgan fingerprint density at radius 1 is 1.11 bits per heavy atom. The lowest BCUT2D eigenvalue weighted by Gasteiger charge is -2.35. The number of aromatic nitrogens is 2. The molecule has 2 N–H and O–H groups in total. The number of nitrogens with zero attached hydrogens (tertiary/aromatic N) is 4. The van der Waals surface area contributed by atoms with E-state index in [1.165, 1.54) is 0 Å². The molecule has 2 fully saturated rings. The van der Waals surface area contributed by atoms with Gasteiger partial charge < -0.3 is 9.80 Å². The molecule has 3 heterocycles. The van der Waals surface area contributed by atoms with Crippen molar-refractivity contribution in [2.75, 3.05) is 22.9 Å². The lowest BCUT2D eigenvalue weighted by Crippen LogP contribution is -2.47. The summed E-state index contributed by atoms with van der Waals surface area (Å²) in [5, 5.41) is 8.66. The molecular weight excluding hydrogens is 363 g/mol. The van der Waals surface area contributed by atoms with Crippen LogP contribution in [0.3, 0.4) is 0 Å². The molecule has 2 aliphatic rings. The molecule has 1 aromatic heterocycles. The normalized spacial score (nSPS) is 21.6. The van der Waals surface area contributed by atoms with Gasteiger partial charge in [-0.3, -0.25) is 10.0 Å². The zero-order valence-corrected chi connectivity index (χ0v) is 14.0. The number of hydroxylamine groups is 1. The van der Waals surface area contributed by atoms with Gasteiger partial charge in [0.05, 0.1) is 6.04 Å².